The van der Waals surface area contributed by atoms with E-state index in [1.54, 1.807) is 9.58 Å². The molecule has 1 aliphatic carbocycles. The van der Waals surface area contributed by atoms with Gasteiger partial charge in [0.05, 0.1) is 5.69 Å². The van der Waals surface area contributed by atoms with Crippen LogP contribution in [-0.4, -0.2) is 57.9 Å². The molecule has 0 unspecified atom stereocenters. The molecule has 0 bridgehead atoms. The summed E-state index contributed by atoms with van der Waals surface area (Å²) in [6.07, 6.45) is 7.73. The molecular formula is C29H41N3O5. The van der Waals surface area contributed by atoms with Crippen molar-refractivity contribution in [2.75, 3.05) is 20.3 Å². The van der Waals surface area contributed by atoms with E-state index in [9.17, 15) is 14.7 Å². The lowest BCUT2D eigenvalue weighted by atomic mass is 9.80. The third-order valence-corrected chi connectivity index (χ3v) is 8.00. The minimum atomic E-state index is -0.686. The molecular weight excluding hydrogens is 470 g/mol. The van der Waals surface area contributed by atoms with E-state index in [1.807, 2.05) is 69.0 Å². The van der Waals surface area contributed by atoms with Crippen molar-refractivity contribution in [2.24, 2.45) is 13.0 Å². The molecule has 202 valence electrons. The molecule has 4 rings (SSSR count). The summed E-state index contributed by atoms with van der Waals surface area (Å²) >= 11 is 0. The molecule has 0 spiro atoms. The van der Waals surface area contributed by atoms with Crippen LogP contribution in [0.15, 0.2) is 47.0 Å². The Balaban J connectivity index is 1.80. The summed E-state index contributed by atoms with van der Waals surface area (Å²) in [4.78, 5) is 29.4. The van der Waals surface area contributed by atoms with Crippen LogP contribution < -0.4 is 5.56 Å². The standard InChI is InChI=1S/C29H41N3O5/c1-5-36-29-23(17-12-18-33)24(19-25(37-29)27(34)30(3)21-13-8-6-9-14-21)26-20(2)31(4)32(28(26)35)22-15-10-7-11-16-22/h7,10-11,15-16,19,21,23-24,29,33H,5-6,8-9,12-14,17-18H2,1-4H3/t23-,24-,29+/m0/s1. The quantitative estimate of drug-likeness (QED) is 0.550. The molecule has 2 aliphatic rings. The van der Waals surface area contributed by atoms with E-state index in [2.05, 4.69) is 0 Å². The van der Waals surface area contributed by atoms with E-state index in [0.29, 0.717) is 25.0 Å². The highest BCUT2D eigenvalue weighted by atomic mass is 16.7. The molecule has 37 heavy (non-hydrogen) atoms. The summed E-state index contributed by atoms with van der Waals surface area (Å²) < 4.78 is 15.8. The highest BCUT2D eigenvalue weighted by molar-refractivity contribution is 5.92. The number of hydrogen-bond acceptors (Lipinski definition) is 5. The molecule has 2 heterocycles. The van der Waals surface area contributed by atoms with Gasteiger partial charge in [-0.05, 0) is 57.7 Å². The van der Waals surface area contributed by atoms with Crippen LogP contribution >= 0.6 is 0 Å². The largest absolute Gasteiger partial charge is 0.459 e. The van der Waals surface area contributed by atoms with Gasteiger partial charge in [0.2, 0.25) is 6.29 Å². The topological polar surface area (TPSA) is 85.9 Å². The molecule has 3 atom stereocenters. The SMILES string of the molecule is CCO[C@@H]1OC(C(=O)N(C)C2CCCCC2)=C[C@H](c2c(C)n(C)n(-c3ccccc3)c2=O)[C@@H]1CCCO. The molecule has 0 radical (unpaired) electrons. The number of carbonyl (C=O) groups is 1. The summed E-state index contributed by atoms with van der Waals surface area (Å²) in [6.45, 7) is 4.28. The molecule has 8 nitrogen and oxygen atoms in total. The summed E-state index contributed by atoms with van der Waals surface area (Å²) in [5, 5.41) is 9.61. The molecule has 1 saturated carbocycles. The minimum absolute atomic E-state index is 0.0318. The number of allylic oxidation sites excluding steroid dienone is 1. The number of likely N-dealkylation sites (N-methyl/N-ethyl adjacent to an activating group) is 1. The Morgan fingerprint density at radius 3 is 2.54 bits per heavy atom. The first kappa shape index (κ1) is 27.2. The number of nitrogens with zero attached hydrogens (tertiary/aromatic N) is 3. The number of hydrogen-bond donors (Lipinski definition) is 1. The van der Waals surface area contributed by atoms with Crippen LogP contribution in [0.3, 0.4) is 0 Å². The summed E-state index contributed by atoms with van der Waals surface area (Å²) in [5.74, 6) is -0.536. The van der Waals surface area contributed by atoms with Gasteiger partial charge in [0.25, 0.3) is 11.5 Å². The van der Waals surface area contributed by atoms with Crippen molar-refractivity contribution >= 4 is 5.91 Å². The first-order valence-corrected chi connectivity index (χ1v) is 13.6. The monoisotopic (exact) mass is 511 g/mol. The number of para-hydroxylation sites is 1. The highest BCUT2D eigenvalue weighted by Crippen LogP contribution is 2.40. The highest BCUT2D eigenvalue weighted by Gasteiger charge is 2.41. The number of aliphatic hydroxyl groups excluding tert-OH is 1. The zero-order chi connectivity index (χ0) is 26.5. The van der Waals surface area contributed by atoms with Crippen molar-refractivity contribution < 1.29 is 19.4 Å². The molecule has 1 aliphatic heterocycles. The van der Waals surface area contributed by atoms with Crippen molar-refractivity contribution in [2.45, 2.75) is 77.0 Å². The van der Waals surface area contributed by atoms with Crippen molar-refractivity contribution in [1.29, 1.82) is 0 Å². The maximum Gasteiger partial charge on any atom is 0.288 e. The number of ether oxygens (including phenoxy) is 2. The van der Waals surface area contributed by atoms with Crippen molar-refractivity contribution in [1.82, 2.24) is 14.3 Å². The Hall–Kier alpha value is -2.84. The molecule has 0 saturated heterocycles. The number of amides is 1. The molecule has 8 heteroatoms. The average Bonchev–Trinajstić information content (AvgIpc) is 3.15. The molecule has 1 aromatic carbocycles. The number of aromatic nitrogens is 2. The number of aliphatic hydroxyl groups is 1. The lowest BCUT2D eigenvalue weighted by molar-refractivity contribution is -0.170. The number of rotatable bonds is 9. The summed E-state index contributed by atoms with van der Waals surface area (Å²) in [7, 11) is 3.73. The molecule has 1 fully saturated rings. The summed E-state index contributed by atoms with van der Waals surface area (Å²) in [6, 6.07) is 9.74. The van der Waals surface area contributed by atoms with Gasteiger partial charge in [-0.25, -0.2) is 4.68 Å². The lowest BCUT2D eigenvalue weighted by Crippen LogP contribution is -2.43. The maximum absolute atomic E-state index is 13.9. The van der Waals surface area contributed by atoms with Gasteiger partial charge >= 0.3 is 0 Å². The molecule has 1 amide bonds. The van der Waals surface area contributed by atoms with Gasteiger partial charge in [0, 0.05) is 56.4 Å². The zero-order valence-electron chi connectivity index (χ0n) is 22.6. The third kappa shape index (κ3) is 5.55. The second-order valence-corrected chi connectivity index (χ2v) is 10.2. The fraction of sp³-hybridized carbons (Fsp3) is 0.586. The van der Waals surface area contributed by atoms with Gasteiger partial charge in [0.1, 0.15) is 0 Å². The predicted octanol–water partition coefficient (Wildman–Crippen LogP) is 4.02. The second-order valence-electron chi connectivity index (χ2n) is 10.2. The molecule has 1 aromatic heterocycles. The second kappa shape index (κ2) is 12.1. The van der Waals surface area contributed by atoms with Crippen LogP contribution in [0.5, 0.6) is 0 Å². The van der Waals surface area contributed by atoms with Gasteiger partial charge in [-0.3, -0.25) is 14.3 Å². The molecule has 1 N–H and O–H groups in total. The van der Waals surface area contributed by atoms with Crippen LogP contribution in [0.4, 0.5) is 0 Å². The first-order valence-electron chi connectivity index (χ1n) is 13.6. The van der Waals surface area contributed by atoms with Crippen molar-refractivity contribution in [3.8, 4) is 5.69 Å². The van der Waals surface area contributed by atoms with Crippen LogP contribution in [0.2, 0.25) is 0 Å². The molecule has 2 aromatic rings. The Labute approximate surface area is 219 Å². The van der Waals surface area contributed by atoms with Crippen LogP contribution in [-0.2, 0) is 21.3 Å². The Kier molecular flexibility index (Phi) is 8.92. The van der Waals surface area contributed by atoms with E-state index in [0.717, 1.165) is 37.1 Å². The van der Waals surface area contributed by atoms with E-state index in [1.165, 1.54) is 6.42 Å². The van der Waals surface area contributed by atoms with Crippen molar-refractivity contribution in [3.63, 3.8) is 0 Å². The van der Waals surface area contributed by atoms with Crippen LogP contribution in [0.25, 0.3) is 5.69 Å². The Bertz CT molecular complexity index is 1150. The Morgan fingerprint density at radius 2 is 1.89 bits per heavy atom. The van der Waals surface area contributed by atoms with Crippen molar-refractivity contribution in [3.05, 3.63) is 63.8 Å². The third-order valence-electron chi connectivity index (χ3n) is 8.00. The average molecular weight is 512 g/mol. The summed E-state index contributed by atoms with van der Waals surface area (Å²) in [5.41, 5.74) is 2.12. The lowest BCUT2D eigenvalue weighted by Gasteiger charge is -2.38. The fourth-order valence-electron chi connectivity index (χ4n) is 5.87. The van der Waals surface area contributed by atoms with Crippen LogP contribution in [0.1, 0.15) is 69.0 Å². The normalized spacial score (nSPS) is 22.4. The van der Waals surface area contributed by atoms with Gasteiger partial charge in [0.15, 0.2) is 5.76 Å². The fourth-order valence-corrected chi connectivity index (χ4v) is 5.87. The van der Waals surface area contributed by atoms with Gasteiger partial charge < -0.3 is 19.5 Å². The van der Waals surface area contributed by atoms with E-state index in [-0.39, 0.29) is 41.7 Å². The van der Waals surface area contributed by atoms with Crippen LogP contribution in [0, 0.1) is 12.8 Å². The van der Waals surface area contributed by atoms with Gasteiger partial charge in [-0.2, -0.15) is 0 Å². The smallest absolute Gasteiger partial charge is 0.288 e. The minimum Gasteiger partial charge on any atom is -0.459 e. The van der Waals surface area contributed by atoms with Gasteiger partial charge in [-0.15, -0.1) is 0 Å². The predicted molar refractivity (Wildman–Crippen MR) is 143 cm³/mol. The van der Waals surface area contributed by atoms with E-state index < -0.39 is 6.29 Å². The number of benzene rings is 1. The number of carbonyl (C=O) groups excluding carboxylic acids is 1. The van der Waals surface area contributed by atoms with Gasteiger partial charge in [-0.1, -0.05) is 37.5 Å². The maximum atomic E-state index is 13.9. The zero-order valence-corrected chi connectivity index (χ0v) is 22.6. The van der Waals surface area contributed by atoms with E-state index >= 15 is 0 Å². The first-order chi connectivity index (χ1) is 17.9. The van der Waals surface area contributed by atoms with E-state index in [4.69, 9.17) is 9.47 Å². The Morgan fingerprint density at radius 1 is 1.19 bits per heavy atom.